The summed E-state index contributed by atoms with van der Waals surface area (Å²) in [6.07, 6.45) is 3.61. The lowest BCUT2D eigenvalue weighted by atomic mass is 10.2. The zero-order valence-electron chi connectivity index (χ0n) is 12.6. The minimum absolute atomic E-state index is 0.711. The molecule has 2 heterocycles. The van der Waals surface area contributed by atoms with Crippen molar-refractivity contribution in [1.82, 2.24) is 9.88 Å². The SMILES string of the molecule is Cc1oc(-c2ccc(Br)cc2)nc1CCN1CCC[C@H]1C. The molecule has 0 N–H and O–H groups in total. The van der Waals surface area contributed by atoms with E-state index in [-0.39, 0.29) is 0 Å². The van der Waals surface area contributed by atoms with Gasteiger partial charge in [-0.25, -0.2) is 4.98 Å². The molecule has 1 aliphatic rings. The van der Waals surface area contributed by atoms with Gasteiger partial charge in [-0.05, 0) is 57.5 Å². The summed E-state index contributed by atoms with van der Waals surface area (Å²) in [5, 5.41) is 0. The first-order chi connectivity index (χ1) is 10.1. The Labute approximate surface area is 134 Å². The molecular weight excluding hydrogens is 328 g/mol. The van der Waals surface area contributed by atoms with Crippen molar-refractivity contribution in [3.63, 3.8) is 0 Å². The van der Waals surface area contributed by atoms with Gasteiger partial charge in [-0.15, -0.1) is 0 Å². The Morgan fingerprint density at radius 1 is 1.33 bits per heavy atom. The highest BCUT2D eigenvalue weighted by Crippen LogP contribution is 2.24. The number of likely N-dealkylation sites (tertiary alicyclic amines) is 1. The van der Waals surface area contributed by atoms with E-state index in [1.54, 1.807) is 0 Å². The summed E-state index contributed by atoms with van der Waals surface area (Å²) in [4.78, 5) is 7.24. The number of hydrogen-bond acceptors (Lipinski definition) is 3. The molecule has 0 saturated carbocycles. The molecule has 0 aliphatic carbocycles. The fraction of sp³-hybridized carbons (Fsp3) is 0.471. The molecule has 0 spiro atoms. The third-order valence-corrected chi connectivity index (χ3v) is 4.84. The van der Waals surface area contributed by atoms with Crippen molar-refractivity contribution in [3.05, 3.63) is 40.2 Å². The predicted octanol–water partition coefficient (Wildman–Crippen LogP) is 4.44. The van der Waals surface area contributed by atoms with Gasteiger partial charge in [-0.3, -0.25) is 0 Å². The van der Waals surface area contributed by atoms with Gasteiger partial charge < -0.3 is 9.32 Å². The first-order valence-corrected chi connectivity index (χ1v) is 8.39. The molecule has 0 unspecified atom stereocenters. The van der Waals surface area contributed by atoms with Crippen molar-refractivity contribution in [3.8, 4) is 11.5 Å². The number of nitrogens with zero attached hydrogens (tertiary/aromatic N) is 2. The molecule has 1 fully saturated rings. The molecule has 3 nitrogen and oxygen atoms in total. The van der Waals surface area contributed by atoms with Gasteiger partial charge in [0.1, 0.15) is 5.76 Å². The lowest BCUT2D eigenvalue weighted by Gasteiger charge is -2.20. The average molecular weight is 349 g/mol. The number of aromatic nitrogens is 1. The van der Waals surface area contributed by atoms with Crippen LogP contribution in [0, 0.1) is 6.92 Å². The summed E-state index contributed by atoms with van der Waals surface area (Å²) in [5.41, 5.74) is 2.12. The van der Waals surface area contributed by atoms with Crippen LogP contribution in [-0.4, -0.2) is 29.0 Å². The second kappa shape index (κ2) is 6.32. The van der Waals surface area contributed by atoms with Gasteiger partial charge in [0.05, 0.1) is 5.69 Å². The smallest absolute Gasteiger partial charge is 0.226 e. The molecule has 112 valence electrons. The maximum Gasteiger partial charge on any atom is 0.226 e. The number of hydrogen-bond donors (Lipinski definition) is 0. The predicted molar refractivity (Wildman–Crippen MR) is 88.3 cm³/mol. The molecule has 1 saturated heterocycles. The Balaban J connectivity index is 1.70. The lowest BCUT2D eigenvalue weighted by molar-refractivity contribution is 0.271. The maximum atomic E-state index is 5.84. The Hall–Kier alpha value is -1.13. The van der Waals surface area contributed by atoms with Crippen LogP contribution in [0.4, 0.5) is 0 Å². The Morgan fingerprint density at radius 3 is 2.76 bits per heavy atom. The minimum atomic E-state index is 0.711. The quantitative estimate of drug-likeness (QED) is 0.817. The topological polar surface area (TPSA) is 29.3 Å². The molecule has 3 rings (SSSR count). The summed E-state index contributed by atoms with van der Waals surface area (Å²) in [6, 6.07) is 8.80. The molecule has 4 heteroatoms. The van der Waals surface area contributed by atoms with Crippen LogP contribution in [0.3, 0.4) is 0 Å². The molecule has 0 radical (unpaired) electrons. The van der Waals surface area contributed by atoms with Crippen molar-refractivity contribution in [2.24, 2.45) is 0 Å². The second-order valence-electron chi connectivity index (χ2n) is 5.81. The van der Waals surface area contributed by atoms with Crippen molar-refractivity contribution in [2.75, 3.05) is 13.1 Å². The molecule has 1 aromatic carbocycles. The molecule has 1 aliphatic heterocycles. The Kier molecular flexibility index (Phi) is 4.45. The van der Waals surface area contributed by atoms with E-state index in [4.69, 9.17) is 4.42 Å². The summed E-state index contributed by atoms with van der Waals surface area (Å²) < 4.78 is 6.91. The normalized spacial score (nSPS) is 19.3. The van der Waals surface area contributed by atoms with E-state index >= 15 is 0 Å². The van der Waals surface area contributed by atoms with Gasteiger partial charge in [0.2, 0.25) is 5.89 Å². The van der Waals surface area contributed by atoms with Crippen molar-refractivity contribution in [2.45, 2.75) is 39.2 Å². The largest absolute Gasteiger partial charge is 0.441 e. The van der Waals surface area contributed by atoms with Crippen molar-refractivity contribution < 1.29 is 4.42 Å². The van der Waals surface area contributed by atoms with E-state index in [0.717, 1.165) is 40.3 Å². The number of halogens is 1. The van der Waals surface area contributed by atoms with Crippen LogP contribution < -0.4 is 0 Å². The number of benzene rings is 1. The number of aryl methyl sites for hydroxylation is 1. The number of oxazole rings is 1. The highest BCUT2D eigenvalue weighted by molar-refractivity contribution is 9.10. The summed E-state index contributed by atoms with van der Waals surface area (Å²) in [7, 11) is 0. The first-order valence-electron chi connectivity index (χ1n) is 7.60. The third-order valence-electron chi connectivity index (χ3n) is 4.31. The maximum absolute atomic E-state index is 5.84. The van der Waals surface area contributed by atoms with E-state index < -0.39 is 0 Å². The van der Waals surface area contributed by atoms with Crippen molar-refractivity contribution >= 4 is 15.9 Å². The number of rotatable bonds is 4. The fourth-order valence-electron chi connectivity index (χ4n) is 2.95. The highest BCUT2D eigenvalue weighted by Gasteiger charge is 2.20. The standard InChI is InChI=1S/C17H21BrN2O/c1-12-4-3-10-20(12)11-9-16-13(2)21-17(19-16)14-5-7-15(18)8-6-14/h5-8,12H,3-4,9-11H2,1-2H3/t12-/m1/s1. The second-order valence-corrected chi connectivity index (χ2v) is 6.72. The van der Waals surface area contributed by atoms with Gasteiger partial charge in [-0.2, -0.15) is 0 Å². The van der Waals surface area contributed by atoms with Crippen LogP contribution in [0.5, 0.6) is 0 Å². The lowest BCUT2D eigenvalue weighted by Crippen LogP contribution is -2.29. The van der Waals surface area contributed by atoms with Crippen LogP contribution in [0.25, 0.3) is 11.5 Å². The monoisotopic (exact) mass is 348 g/mol. The highest BCUT2D eigenvalue weighted by atomic mass is 79.9. The van der Waals surface area contributed by atoms with E-state index in [2.05, 4.69) is 32.7 Å². The van der Waals surface area contributed by atoms with Crippen LogP contribution in [0.2, 0.25) is 0 Å². The Bertz CT molecular complexity index is 606. The van der Waals surface area contributed by atoms with E-state index in [1.165, 1.54) is 19.4 Å². The summed E-state index contributed by atoms with van der Waals surface area (Å²) in [6.45, 7) is 6.62. The van der Waals surface area contributed by atoms with Crippen LogP contribution >= 0.6 is 15.9 Å². The van der Waals surface area contributed by atoms with Gasteiger partial charge in [0.25, 0.3) is 0 Å². The van der Waals surface area contributed by atoms with Crippen molar-refractivity contribution in [1.29, 1.82) is 0 Å². The average Bonchev–Trinajstić information content (AvgIpc) is 3.04. The van der Waals surface area contributed by atoms with E-state index in [1.807, 2.05) is 31.2 Å². The molecule has 21 heavy (non-hydrogen) atoms. The zero-order valence-corrected chi connectivity index (χ0v) is 14.2. The molecule has 1 aromatic heterocycles. The van der Waals surface area contributed by atoms with Crippen LogP contribution in [-0.2, 0) is 6.42 Å². The first kappa shape index (κ1) is 14.8. The molecule has 1 atom stereocenters. The molecular formula is C17H21BrN2O. The molecule has 0 amide bonds. The van der Waals surface area contributed by atoms with Crippen LogP contribution in [0.15, 0.2) is 33.2 Å². The van der Waals surface area contributed by atoms with Crippen LogP contribution in [0.1, 0.15) is 31.2 Å². The van der Waals surface area contributed by atoms with Gasteiger partial charge in [-0.1, -0.05) is 15.9 Å². The van der Waals surface area contributed by atoms with E-state index in [9.17, 15) is 0 Å². The van der Waals surface area contributed by atoms with Gasteiger partial charge in [0.15, 0.2) is 0 Å². The Morgan fingerprint density at radius 2 is 2.10 bits per heavy atom. The zero-order chi connectivity index (χ0) is 14.8. The van der Waals surface area contributed by atoms with E-state index in [0.29, 0.717) is 6.04 Å². The molecule has 2 aromatic rings. The fourth-order valence-corrected chi connectivity index (χ4v) is 3.21. The van der Waals surface area contributed by atoms with Gasteiger partial charge in [0, 0.05) is 29.0 Å². The van der Waals surface area contributed by atoms with Gasteiger partial charge >= 0.3 is 0 Å². The summed E-state index contributed by atoms with van der Waals surface area (Å²) in [5.74, 6) is 1.67. The summed E-state index contributed by atoms with van der Waals surface area (Å²) >= 11 is 3.45. The third kappa shape index (κ3) is 3.38. The molecule has 0 bridgehead atoms. The minimum Gasteiger partial charge on any atom is -0.441 e.